The van der Waals surface area contributed by atoms with Gasteiger partial charge in [-0.3, -0.25) is 4.79 Å². The van der Waals surface area contributed by atoms with Gasteiger partial charge in [0.25, 0.3) is 0 Å². The number of carbonyl (C=O) groups excluding carboxylic acids is 1. The predicted molar refractivity (Wildman–Crippen MR) is 57.0 cm³/mol. The van der Waals surface area contributed by atoms with Gasteiger partial charge in [0.1, 0.15) is 23.9 Å². The molecule has 5 heteroatoms. The molecule has 5 nitrogen and oxygen atoms in total. The van der Waals surface area contributed by atoms with Gasteiger partial charge < -0.3 is 20.1 Å². The van der Waals surface area contributed by atoms with Crippen molar-refractivity contribution in [3.05, 3.63) is 17.7 Å². The summed E-state index contributed by atoms with van der Waals surface area (Å²) in [5.41, 5.74) is -1.12. The zero-order chi connectivity index (χ0) is 12.3. The Morgan fingerprint density at radius 2 is 2.00 bits per heavy atom. The molecule has 0 atom stereocenters. The second-order valence-electron chi connectivity index (χ2n) is 4.10. The quantitative estimate of drug-likeness (QED) is 0.668. The fourth-order valence-corrected chi connectivity index (χ4v) is 1.09. The molecule has 0 heterocycles. The fourth-order valence-electron chi connectivity index (χ4n) is 1.09. The Balaban J connectivity index is 2.98. The van der Waals surface area contributed by atoms with Gasteiger partial charge >= 0.3 is 0 Å². The van der Waals surface area contributed by atoms with Gasteiger partial charge in [-0.1, -0.05) is 0 Å². The maximum absolute atomic E-state index is 10.7. The smallest absolute Gasteiger partial charge is 0.157 e. The Morgan fingerprint density at radius 3 is 2.50 bits per heavy atom. The lowest BCUT2D eigenvalue weighted by atomic mass is 10.1. The summed E-state index contributed by atoms with van der Waals surface area (Å²) in [6, 6.07) is 2.25. The van der Waals surface area contributed by atoms with Crippen LogP contribution in [0.4, 0.5) is 0 Å². The first-order valence-corrected chi connectivity index (χ1v) is 4.70. The Labute approximate surface area is 92.9 Å². The van der Waals surface area contributed by atoms with Crippen molar-refractivity contribution in [2.45, 2.75) is 19.4 Å². The number of aldehydes is 1. The molecule has 3 N–H and O–H groups in total. The minimum atomic E-state index is -1.07. The van der Waals surface area contributed by atoms with Crippen molar-refractivity contribution in [3.8, 4) is 17.2 Å². The van der Waals surface area contributed by atoms with Crippen LogP contribution in [0.3, 0.4) is 0 Å². The second kappa shape index (κ2) is 4.40. The third-order valence-corrected chi connectivity index (χ3v) is 1.80. The Bertz CT molecular complexity index is 392. The molecule has 0 unspecified atom stereocenters. The highest BCUT2D eigenvalue weighted by Crippen LogP contribution is 2.31. The highest BCUT2D eigenvalue weighted by atomic mass is 16.5. The van der Waals surface area contributed by atoms with Crippen LogP contribution in [-0.4, -0.2) is 33.8 Å². The monoisotopic (exact) mass is 226 g/mol. The molecule has 0 aliphatic rings. The molecule has 88 valence electrons. The summed E-state index contributed by atoms with van der Waals surface area (Å²) in [6.07, 6.45) is 0.425. The molecule has 0 spiro atoms. The van der Waals surface area contributed by atoms with E-state index in [1.807, 2.05) is 0 Å². The number of carbonyl (C=O) groups is 1. The van der Waals surface area contributed by atoms with E-state index >= 15 is 0 Å². The van der Waals surface area contributed by atoms with Crippen LogP contribution in [0.5, 0.6) is 17.2 Å². The van der Waals surface area contributed by atoms with Crippen LogP contribution in [0, 0.1) is 0 Å². The zero-order valence-electron chi connectivity index (χ0n) is 9.10. The van der Waals surface area contributed by atoms with Gasteiger partial charge in [0.05, 0.1) is 11.2 Å². The van der Waals surface area contributed by atoms with Crippen LogP contribution in [0.1, 0.15) is 24.2 Å². The molecule has 0 radical (unpaired) electrons. The zero-order valence-corrected chi connectivity index (χ0v) is 9.10. The minimum absolute atomic E-state index is 0.0367. The number of benzene rings is 1. The highest BCUT2D eigenvalue weighted by Gasteiger charge is 2.17. The van der Waals surface area contributed by atoms with Gasteiger partial charge in [0.2, 0.25) is 0 Å². The Hall–Kier alpha value is -1.75. The normalized spacial score (nSPS) is 11.2. The van der Waals surface area contributed by atoms with E-state index in [9.17, 15) is 20.1 Å². The van der Waals surface area contributed by atoms with Gasteiger partial charge in [-0.05, 0) is 13.8 Å². The van der Waals surface area contributed by atoms with E-state index in [1.165, 1.54) is 19.9 Å². The summed E-state index contributed by atoms with van der Waals surface area (Å²) >= 11 is 0. The summed E-state index contributed by atoms with van der Waals surface area (Å²) in [6.45, 7) is 3.02. The number of aliphatic hydroxyl groups is 1. The number of phenolic OH excluding ortho intramolecular Hbond substituents is 2. The molecule has 0 aromatic heterocycles. The standard InChI is InChI=1S/C11H14O5/c1-11(2,15)6-16-10-4-7(13)3-9(14)8(10)5-12/h3-5,13-15H,6H2,1-2H3. The summed E-state index contributed by atoms with van der Waals surface area (Å²) in [7, 11) is 0. The van der Waals surface area contributed by atoms with Crippen molar-refractivity contribution in [2.24, 2.45) is 0 Å². The summed E-state index contributed by atoms with van der Waals surface area (Å²) in [5.74, 6) is -0.538. The van der Waals surface area contributed by atoms with Crippen molar-refractivity contribution in [1.29, 1.82) is 0 Å². The SMILES string of the molecule is CC(C)(O)COc1cc(O)cc(O)c1C=O. The van der Waals surface area contributed by atoms with Gasteiger partial charge in [0.15, 0.2) is 6.29 Å². The Kier molecular flexibility index (Phi) is 3.39. The van der Waals surface area contributed by atoms with Crippen LogP contribution in [0.15, 0.2) is 12.1 Å². The molecular weight excluding hydrogens is 212 g/mol. The first-order valence-electron chi connectivity index (χ1n) is 4.70. The molecule has 0 aliphatic heterocycles. The molecule has 0 saturated carbocycles. The maximum Gasteiger partial charge on any atom is 0.157 e. The molecule has 1 aromatic rings. The lowest BCUT2D eigenvalue weighted by molar-refractivity contribution is 0.0280. The molecule has 0 aliphatic carbocycles. The topological polar surface area (TPSA) is 87.0 Å². The number of phenols is 2. The van der Waals surface area contributed by atoms with Crippen LogP contribution >= 0.6 is 0 Å². The Morgan fingerprint density at radius 1 is 1.38 bits per heavy atom. The molecule has 1 rings (SSSR count). The van der Waals surface area contributed by atoms with E-state index in [0.717, 1.165) is 6.07 Å². The van der Waals surface area contributed by atoms with Gasteiger partial charge in [-0.25, -0.2) is 0 Å². The van der Waals surface area contributed by atoms with Crippen LogP contribution < -0.4 is 4.74 Å². The van der Waals surface area contributed by atoms with Crippen molar-refractivity contribution >= 4 is 6.29 Å². The van der Waals surface area contributed by atoms with E-state index in [2.05, 4.69) is 0 Å². The summed E-state index contributed by atoms with van der Waals surface area (Å²) in [4.78, 5) is 10.7. The highest BCUT2D eigenvalue weighted by molar-refractivity contribution is 5.84. The van der Waals surface area contributed by atoms with Crippen LogP contribution in [0.2, 0.25) is 0 Å². The number of ether oxygens (including phenoxy) is 1. The second-order valence-corrected chi connectivity index (χ2v) is 4.10. The van der Waals surface area contributed by atoms with Gasteiger partial charge in [0, 0.05) is 12.1 Å². The predicted octanol–water partition coefficient (Wildman–Crippen LogP) is 1.06. The van der Waals surface area contributed by atoms with Crippen LogP contribution in [0.25, 0.3) is 0 Å². The largest absolute Gasteiger partial charge is 0.508 e. The van der Waals surface area contributed by atoms with E-state index in [1.54, 1.807) is 0 Å². The van der Waals surface area contributed by atoms with Crippen LogP contribution in [-0.2, 0) is 0 Å². The van der Waals surface area contributed by atoms with E-state index in [4.69, 9.17) is 4.74 Å². The first-order chi connectivity index (χ1) is 7.33. The molecule has 16 heavy (non-hydrogen) atoms. The average molecular weight is 226 g/mol. The third-order valence-electron chi connectivity index (χ3n) is 1.80. The maximum atomic E-state index is 10.7. The van der Waals surface area contributed by atoms with E-state index in [-0.39, 0.29) is 29.4 Å². The van der Waals surface area contributed by atoms with Gasteiger partial charge in [-0.15, -0.1) is 0 Å². The van der Waals surface area contributed by atoms with Crippen molar-refractivity contribution in [1.82, 2.24) is 0 Å². The first kappa shape index (κ1) is 12.3. The average Bonchev–Trinajstić information content (AvgIpc) is 2.12. The molecule has 0 saturated heterocycles. The summed E-state index contributed by atoms with van der Waals surface area (Å²) in [5, 5.41) is 28.0. The number of aromatic hydroxyl groups is 2. The molecule has 1 aromatic carbocycles. The molecular formula is C11H14O5. The third kappa shape index (κ3) is 3.13. The number of rotatable bonds is 4. The van der Waals surface area contributed by atoms with Gasteiger partial charge in [-0.2, -0.15) is 0 Å². The molecule has 0 fully saturated rings. The number of hydrogen-bond acceptors (Lipinski definition) is 5. The fraction of sp³-hybridized carbons (Fsp3) is 0.364. The lowest BCUT2D eigenvalue weighted by Crippen LogP contribution is -2.28. The van der Waals surface area contributed by atoms with Crippen molar-refractivity contribution < 1.29 is 24.9 Å². The number of hydrogen-bond donors (Lipinski definition) is 3. The lowest BCUT2D eigenvalue weighted by Gasteiger charge is -2.18. The summed E-state index contributed by atoms with van der Waals surface area (Å²) < 4.78 is 5.15. The van der Waals surface area contributed by atoms with E-state index in [0.29, 0.717) is 6.29 Å². The van der Waals surface area contributed by atoms with Crippen molar-refractivity contribution in [2.75, 3.05) is 6.61 Å². The van der Waals surface area contributed by atoms with Crippen molar-refractivity contribution in [3.63, 3.8) is 0 Å². The molecule has 0 bridgehead atoms. The minimum Gasteiger partial charge on any atom is -0.508 e. The van der Waals surface area contributed by atoms with E-state index < -0.39 is 5.60 Å². The molecule has 0 amide bonds.